The van der Waals surface area contributed by atoms with Crippen molar-refractivity contribution in [1.29, 1.82) is 0 Å². The number of esters is 1. The molecule has 2 aromatic rings. The molecule has 126 valence electrons. The van der Waals surface area contributed by atoms with Gasteiger partial charge in [-0.2, -0.15) is 0 Å². The fourth-order valence-corrected chi connectivity index (χ4v) is 3.20. The summed E-state index contributed by atoms with van der Waals surface area (Å²) in [6.07, 6.45) is 0. The Hall–Kier alpha value is -2.19. The van der Waals surface area contributed by atoms with Crippen LogP contribution in [0.3, 0.4) is 0 Å². The zero-order valence-electron chi connectivity index (χ0n) is 13.0. The number of ether oxygens (including phenoxy) is 1. The van der Waals surface area contributed by atoms with Gasteiger partial charge in [0.2, 0.25) is 5.91 Å². The molecule has 0 saturated carbocycles. The second-order valence-electron chi connectivity index (χ2n) is 4.85. The fourth-order valence-electron chi connectivity index (χ4n) is 1.88. The minimum absolute atomic E-state index is 0.167. The largest absolute Gasteiger partial charge is 0.465 e. The molecule has 1 aromatic heterocycles. The third-order valence-electron chi connectivity index (χ3n) is 3.09. The molecule has 2 rings (SSSR count). The van der Waals surface area contributed by atoms with Crippen molar-refractivity contribution in [2.24, 2.45) is 0 Å². The molecule has 2 N–H and O–H groups in total. The highest BCUT2D eigenvalue weighted by molar-refractivity contribution is 9.10. The topological polar surface area (TPSA) is 84.5 Å². The number of carbonyl (C=O) groups excluding carboxylic acids is 3. The van der Waals surface area contributed by atoms with Gasteiger partial charge in [-0.15, -0.1) is 11.3 Å². The number of rotatable bonds is 5. The molecule has 0 saturated heterocycles. The number of methoxy groups -OCH3 is 1. The lowest BCUT2D eigenvalue weighted by Crippen LogP contribution is -2.32. The summed E-state index contributed by atoms with van der Waals surface area (Å²) in [7, 11) is 1.27. The molecule has 0 atom stereocenters. The lowest BCUT2D eigenvalue weighted by atomic mass is 10.2. The van der Waals surface area contributed by atoms with Crippen molar-refractivity contribution >= 4 is 50.7 Å². The summed E-state index contributed by atoms with van der Waals surface area (Å²) in [5.41, 5.74) is 1.59. The predicted octanol–water partition coefficient (Wildman–Crippen LogP) is 2.97. The number of carbonyl (C=O) groups is 3. The maximum Gasteiger partial charge on any atom is 0.348 e. The van der Waals surface area contributed by atoms with Crippen LogP contribution in [0.15, 0.2) is 34.8 Å². The molecule has 0 aliphatic carbocycles. The number of anilines is 1. The van der Waals surface area contributed by atoms with Gasteiger partial charge >= 0.3 is 5.97 Å². The number of nitrogens with one attached hydrogen (secondary N) is 2. The van der Waals surface area contributed by atoms with E-state index in [0.29, 0.717) is 15.4 Å². The van der Waals surface area contributed by atoms with E-state index in [9.17, 15) is 14.4 Å². The number of halogens is 1. The molecule has 8 heteroatoms. The quantitative estimate of drug-likeness (QED) is 0.741. The van der Waals surface area contributed by atoms with Gasteiger partial charge in [0.15, 0.2) is 0 Å². The van der Waals surface area contributed by atoms with Crippen LogP contribution in [0.4, 0.5) is 5.69 Å². The normalized spacial score (nSPS) is 10.1. The predicted molar refractivity (Wildman–Crippen MR) is 95.5 cm³/mol. The highest BCUT2D eigenvalue weighted by Crippen LogP contribution is 2.20. The molecule has 0 fully saturated rings. The van der Waals surface area contributed by atoms with Gasteiger partial charge in [-0.3, -0.25) is 9.59 Å². The van der Waals surface area contributed by atoms with Gasteiger partial charge in [0.25, 0.3) is 5.91 Å². The average molecular weight is 411 g/mol. The molecule has 1 heterocycles. The monoisotopic (exact) mass is 410 g/mol. The first-order valence-corrected chi connectivity index (χ1v) is 8.54. The number of thiophene rings is 1. The van der Waals surface area contributed by atoms with Gasteiger partial charge in [-0.05, 0) is 42.8 Å². The highest BCUT2D eigenvalue weighted by atomic mass is 79.9. The lowest BCUT2D eigenvalue weighted by molar-refractivity contribution is -0.115. The summed E-state index contributed by atoms with van der Waals surface area (Å²) in [5, 5.41) is 5.25. The summed E-state index contributed by atoms with van der Waals surface area (Å²) >= 11 is 4.36. The van der Waals surface area contributed by atoms with Gasteiger partial charge in [0, 0.05) is 10.2 Å². The third-order valence-corrected chi connectivity index (χ3v) is 4.65. The van der Waals surface area contributed by atoms with Crippen molar-refractivity contribution in [3.05, 3.63) is 50.1 Å². The van der Waals surface area contributed by atoms with Crippen LogP contribution in [-0.2, 0) is 9.53 Å². The average Bonchev–Trinajstić information content (AvgIpc) is 3.04. The minimum Gasteiger partial charge on any atom is -0.465 e. The SMILES string of the molecule is COC(=O)c1ccc(C(=O)NCC(=O)Nc2ccc(Br)cc2C)s1. The molecule has 0 unspecified atom stereocenters. The first kappa shape index (κ1) is 18.2. The van der Waals surface area contributed by atoms with E-state index < -0.39 is 11.9 Å². The van der Waals surface area contributed by atoms with Crippen molar-refractivity contribution in [3.63, 3.8) is 0 Å². The highest BCUT2D eigenvalue weighted by Gasteiger charge is 2.15. The van der Waals surface area contributed by atoms with Gasteiger partial charge in [-0.25, -0.2) is 4.79 Å². The van der Waals surface area contributed by atoms with Gasteiger partial charge in [0.05, 0.1) is 18.5 Å². The Bertz CT molecular complexity index is 788. The van der Waals surface area contributed by atoms with Crippen molar-refractivity contribution in [2.75, 3.05) is 19.0 Å². The fraction of sp³-hybridized carbons (Fsp3) is 0.188. The number of hydrogen-bond acceptors (Lipinski definition) is 5. The second kappa shape index (κ2) is 8.07. The van der Waals surface area contributed by atoms with E-state index in [-0.39, 0.29) is 12.5 Å². The van der Waals surface area contributed by atoms with Crippen LogP contribution in [0.2, 0.25) is 0 Å². The summed E-state index contributed by atoms with van der Waals surface area (Å²) in [6.45, 7) is 1.71. The zero-order chi connectivity index (χ0) is 17.7. The van der Waals surface area contributed by atoms with E-state index in [4.69, 9.17) is 0 Å². The molecule has 0 spiro atoms. The van der Waals surface area contributed by atoms with E-state index in [1.165, 1.54) is 19.2 Å². The van der Waals surface area contributed by atoms with E-state index >= 15 is 0 Å². The van der Waals surface area contributed by atoms with Crippen molar-refractivity contribution in [2.45, 2.75) is 6.92 Å². The van der Waals surface area contributed by atoms with E-state index in [2.05, 4.69) is 31.3 Å². The van der Waals surface area contributed by atoms with Crippen LogP contribution in [0.1, 0.15) is 24.9 Å². The Balaban J connectivity index is 1.90. The van der Waals surface area contributed by atoms with Crippen molar-refractivity contribution in [1.82, 2.24) is 5.32 Å². The number of aryl methyl sites for hydroxylation is 1. The van der Waals surface area contributed by atoms with Crippen LogP contribution in [-0.4, -0.2) is 31.4 Å². The number of amides is 2. The number of hydrogen-bond donors (Lipinski definition) is 2. The first-order valence-electron chi connectivity index (χ1n) is 6.93. The van der Waals surface area contributed by atoms with E-state index in [1.807, 2.05) is 19.1 Å². The summed E-state index contributed by atoms with van der Waals surface area (Å²) < 4.78 is 5.51. The van der Waals surface area contributed by atoms with Crippen LogP contribution in [0.5, 0.6) is 0 Å². The Kier molecular flexibility index (Phi) is 6.10. The molecular weight excluding hydrogens is 396 g/mol. The molecular formula is C16H15BrN2O4S. The first-order chi connectivity index (χ1) is 11.4. The standard InChI is InChI=1S/C16H15BrN2O4S/c1-9-7-10(17)3-4-11(9)19-14(20)8-18-15(21)12-5-6-13(24-12)16(22)23-2/h3-7H,8H2,1-2H3,(H,18,21)(H,19,20). The molecule has 0 radical (unpaired) electrons. The zero-order valence-corrected chi connectivity index (χ0v) is 15.4. The van der Waals surface area contributed by atoms with Gasteiger partial charge in [-0.1, -0.05) is 15.9 Å². The maximum absolute atomic E-state index is 12.0. The van der Waals surface area contributed by atoms with E-state index in [0.717, 1.165) is 21.4 Å². The molecule has 0 bridgehead atoms. The lowest BCUT2D eigenvalue weighted by Gasteiger charge is -2.09. The molecule has 1 aromatic carbocycles. The summed E-state index contributed by atoms with van der Waals surface area (Å²) in [5.74, 6) is -1.25. The van der Waals surface area contributed by atoms with Crippen molar-refractivity contribution < 1.29 is 19.1 Å². The van der Waals surface area contributed by atoms with Gasteiger partial charge < -0.3 is 15.4 Å². The van der Waals surface area contributed by atoms with Gasteiger partial charge in [0.1, 0.15) is 4.88 Å². The Morgan fingerprint density at radius 3 is 2.54 bits per heavy atom. The summed E-state index contributed by atoms with van der Waals surface area (Å²) in [6, 6.07) is 8.51. The third kappa shape index (κ3) is 4.65. The van der Waals surface area contributed by atoms with E-state index in [1.54, 1.807) is 6.07 Å². The Morgan fingerprint density at radius 2 is 1.88 bits per heavy atom. The van der Waals surface area contributed by atoms with Crippen LogP contribution >= 0.6 is 27.3 Å². The Labute approximate surface area is 151 Å². The number of benzene rings is 1. The van der Waals surface area contributed by atoms with Crippen LogP contribution in [0.25, 0.3) is 0 Å². The maximum atomic E-state index is 12.0. The van der Waals surface area contributed by atoms with Crippen LogP contribution < -0.4 is 10.6 Å². The molecule has 24 heavy (non-hydrogen) atoms. The molecule has 0 aliphatic rings. The van der Waals surface area contributed by atoms with Crippen molar-refractivity contribution in [3.8, 4) is 0 Å². The molecule has 2 amide bonds. The molecule has 6 nitrogen and oxygen atoms in total. The smallest absolute Gasteiger partial charge is 0.348 e. The second-order valence-corrected chi connectivity index (χ2v) is 6.85. The minimum atomic E-state index is -0.498. The summed E-state index contributed by atoms with van der Waals surface area (Å²) in [4.78, 5) is 36.0. The van der Waals surface area contributed by atoms with Crippen LogP contribution in [0, 0.1) is 6.92 Å². The Morgan fingerprint density at radius 1 is 1.17 bits per heavy atom. The molecule has 0 aliphatic heterocycles.